The number of rotatable bonds is 4. The summed E-state index contributed by atoms with van der Waals surface area (Å²) in [5.41, 5.74) is -0.0190. The highest BCUT2D eigenvalue weighted by Gasteiger charge is 2.07. The molecule has 0 saturated carbocycles. The third-order valence-electron chi connectivity index (χ3n) is 2.49. The molecule has 96 valence electrons. The number of pyridine rings is 1. The van der Waals surface area contributed by atoms with Gasteiger partial charge in [0.1, 0.15) is 12.2 Å². The van der Waals surface area contributed by atoms with E-state index >= 15 is 0 Å². The van der Waals surface area contributed by atoms with E-state index in [9.17, 15) is 4.79 Å². The van der Waals surface area contributed by atoms with Crippen molar-refractivity contribution < 1.29 is 0 Å². The molecule has 0 bridgehead atoms. The van der Waals surface area contributed by atoms with E-state index in [0.717, 1.165) is 15.9 Å². The quantitative estimate of drug-likeness (QED) is 0.783. The molecule has 0 spiro atoms. The monoisotopic (exact) mass is 358 g/mol. The maximum absolute atomic E-state index is 11.7. The van der Waals surface area contributed by atoms with Crippen LogP contribution in [0.5, 0.6) is 0 Å². The first kappa shape index (κ1) is 13.3. The second-order valence-corrected chi connectivity index (χ2v) is 5.81. The lowest BCUT2D eigenvalue weighted by molar-refractivity contribution is 0.459. The second-order valence-electron chi connectivity index (χ2n) is 4.57. The Balaban J connectivity index is 2.26. The summed E-state index contributed by atoms with van der Waals surface area (Å²) < 4.78 is 4.54. The second kappa shape index (κ2) is 5.64. The fourth-order valence-electron chi connectivity index (χ4n) is 1.69. The highest BCUT2D eigenvalue weighted by molar-refractivity contribution is 14.1. The lowest BCUT2D eigenvalue weighted by Crippen LogP contribution is -2.22. The Morgan fingerprint density at radius 1 is 1.39 bits per heavy atom. The number of halogens is 1. The topological polar surface area (TPSA) is 52.7 Å². The Kier molecular flexibility index (Phi) is 4.15. The molecule has 2 aromatic heterocycles. The Hall–Kier alpha value is -1.18. The van der Waals surface area contributed by atoms with E-state index < -0.39 is 0 Å². The SMILES string of the molecule is CC(C)Cn1ncnc1Cn1cc(I)ccc1=O. The first-order valence-corrected chi connectivity index (χ1v) is 6.87. The summed E-state index contributed by atoms with van der Waals surface area (Å²) in [6.45, 7) is 5.53. The van der Waals surface area contributed by atoms with Crippen molar-refractivity contribution in [3.63, 3.8) is 0 Å². The standard InChI is InChI=1S/C12H15IN4O/c1-9(2)5-17-11(14-8-15-17)7-16-6-10(13)3-4-12(16)18/h3-4,6,8-9H,5,7H2,1-2H3. The van der Waals surface area contributed by atoms with E-state index in [0.29, 0.717) is 12.5 Å². The van der Waals surface area contributed by atoms with Gasteiger partial charge < -0.3 is 4.57 Å². The summed E-state index contributed by atoms with van der Waals surface area (Å²) in [6, 6.07) is 3.38. The van der Waals surface area contributed by atoms with Crippen LogP contribution in [0.3, 0.4) is 0 Å². The minimum atomic E-state index is -0.0190. The van der Waals surface area contributed by atoms with Crippen molar-refractivity contribution in [2.24, 2.45) is 5.92 Å². The van der Waals surface area contributed by atoms with E-state index in [2.05, 4.69) is 46.5 Å². The van der Waals surface area contributed by atoms with Crippen molar-refractivity contribution in [1.29, 1.82) is 0 Å². The summed E-state index contributed by atoms with van der Waals surface area (Å²) in [6.07, 6.45) is 3.37. The van der Waals surface area contributed by atoms with E-state index in [4.69, 9.17) is 0 Å². The Morgan fingerprint density at radius 3 is 2.89 bits per heavy atom. The van der Waals surface area contributed by atoms with Crippen molar-refractivity contribution >= 4 is 22.6 Å². The molecule has 5 nitrogen and oxygen atoms in total. The highest BCUT2D eigenvalue weighted by Crippen LogP contribution is 2.04. The van der Waals surface area contributed by atoms with Gasteiger partial charge in [0.15, 0.2) is 0 Å². The lowest BCUT2D eigenvalue weighted by atomic mass is 10.2. The fraction of sp³-hybridized carbons (Fsp3) is 0.417. The molecule has 0 radical (unpaired) electrons. The summed E-state index contributed by atoms with van der Waals surface area (Å²) in [7, 11) is 0. The minimum Gasteiger partial charge on any atom is -0.307 e. The molecule has 0 unspecified atom stereocenters. The van der Waals surface area contributed by atoms with Crippen LogP contribution in [0, 0.1) is 9.49 Å². The summed E-state index contributed by atoms with van der Waals surface area (Å²) in [5, 5.41) is 4.19. The number of hydrogen-bond acceptors (Lipinski definition) is 3. The van der Waals surface area contributed by atoms with E-state index in [1.165, 1.54) is 6.33 Å². The molecular weight excluding hydrogens is 343 g/mol. The zero-order valence-electron chi connectivity index (χ0n) is 10.4. The predicted molar refractivity (Wildman–Crippen MR) is 77.4 cm³/mol. The van der Waals surface area contributed by atoms with Crippen molar-refractivity contribution in [3.8, 4) is 0 Å². The van der Waals surface area contributed by atoms with Crippen LogP contribution in [0.4, 0.5) is 0 Å². The normalized spacial score (nSPS) is 11.1. The molecule has 0 aliphatic rings. The van der Waals surface area contributed by atoms with E-state index in [1.807, 2.05) is 10.9 Å². The van der Waals surface area contributed by atoms with Crippen LogP contribution >= 0.6 is 22.6 Å². The summed E-state index contributed by atoms with van der Waals surface area (Å²) in [5.74, 6) is 1.31. The van der Waals surface area contributed by atoms with Crippen LogP contribution < -0.4 is 5.56 Å². The largest absolute Gasteiger partial charge is 0.307 e. The van der Waals surface area contributed by atoms with Crippen LogP contribution in [0.15, 0.2) is 29.5 Å². The van der Waals surface area contributed by atoms with E-state index in [-0.39, 0.29) is 5.56 Å². The Morgan fingerprint density at radius 2 is 2.17 bits per heavy atom. The predicted octanol–water partition coefficient (Wildman–Crippen LogP) is 1.75. The van der Waals surface area contributed by atoms with Gasteiger partial charge in [-0.1, -0.05) is 13.8 Å². The van der Waals surface area contributed by atoms with Gasteiger partial charge in [0.2, 0.25) is 0 Å². The van der Waals surface area contributed by atoms with Crippen molar-refractivity contribution in [3.05, 3.63) is 44.4 Å². The van der Waals surface area contributed by atoms with Gasteiger partial charge in [-0.3, -0.25) is 4.79 Å². The van der Waals surface area contributed by atoms with Crippen molar-refractivity contribution in [2.45, 2.75) is 26.9 Å². The zero-order chi connectivity index (χ0) is 13.1. The fourth-order valence-corrected chi connectivity index (χ4v) is 2.20. The average Bonchev–Trinajstić information content (AvgIpc) is 2.70. The zero-order valence-corrected chi connectivity index (χ0v) is 12.5. The smallest absolute Gasteiger partial charge is 0.250 e. The summed E-state index contributed by atoms with van der Waals surface area (Å²) >= 11 is 2.19. The van der Waals surface area contributed by atoms with Gasteiger partial charge in [0.25, 0.3) is 5.56 Å². The van der Waals surface area contributed by atoms with Crippen LogP contribution in [0.25, 0.3) is 0 Å². The molecule has 0 aliphatic carbocycles. The summed E-state index contributed by atoms with van der Waals surface area (Å²) in [4.78, 5) is 16.0. The van der Waals surface area contributed by atoms with Crippen LogP contribution in [0.1, 0.15) is 19.7 Å². The maximum Gasteiger partial charge on any atom is 0.250 e. The van der Waals surface area contributed by atoms with Crippen LogP contribution in [-0.2, 0) is 13.1 Å². The van der Waals surface area contributed by atoms with Gasteiger partial charge >= 0.3 is 0 Å². The third kappa shape index (κ3) is 3.18. The molecule has 0 saturated heterocycles. The highest BCUT2D eigenvalue weighted by atomic mass is 127. The molecule has 18 heavy (non-hydrogen) atoms. The van der Waals surface area contributed by atoms with Crippen molar-refractivity contribution in [2.75, 3.05) is 0 Å². The molecule has 2 aromatic rings. The van der Waals surface area contributed by atoms with Gasteiger partial charge in [-0.05, 0) is 34.6 Å². The molecule has 0 amide bonds. The Bertz CT molecular complexity index is 588. The number of aromatic nitrogens is 4. The first-order valence-electron chi connectivity index (χ1n) is 5.79. The van der Waals surface area contributed by atoms with Crippen molar-refractivity contribution in [1.82, 2.24) is 19.3 Å². The molecule has 0 atom stereocenters. The molecule has 0 aromatic carbocycles. The van der Waals surface area contributed by atoms with Crippen LogP contribution in [0.2, 0.25) is 0 Å². The minimum absolute atomic E-state index is 0.0190. The molecule has 0 fully saturated rings. The van der Waals surface area contributed by atoms with Gasteiger partial charge in [0.05, 0.1) is 6.54 Å². The van der Waals surface area contributed by atoms with Gasteiger partial charge in [-0.25, -0.2) is 9.67 Å². The van der Waals surface area contributed by atoms with E-state index in [1.54, 1.807) is 16.7 Å². The third-order valence-corrected chi connectivity index (χ3v) is 3.13. The molecule has 0 aliphatic heterocycles. The average molecular weight is 358 g/mol. The van der Waals surface area contributed by atoms with Gasteiger partial charge in [-0.2, -0.15) is 5.10 Å². The van der Waals surface area contributed by atoms with Crippen LogP contribution in [-0.4, -0.2) is 19.3 Å². The van der Waals surface area contributed by atoms with Gasteiger partial charge in [-0.15, -0.1) is 0 Å². The number of nitrogens with zero attached hydrogens (tertiary/aromatic N) is 4. The molecule has 2 heterocycles. The number of hydrogen-bond donors (Lipinski definition) is 0. The first-order chi connectivity index (χ1) is 8.56. The molecule has 0 N–H and O–H groups in total. The lowest BCUT2D eigenvalue weighted by Gasteiger charge is -2.10. The Labute approximate surface area is 119 Å². The molecule has 6 heteroatoms. The van der Waals surface area contributed by atoms with Gasteiger partial charge in [0, 0.05) is 22.4 Å². The molecular formula is C12H15IN4O. The molecule has 2 rings (SSSR count). The maximum atomic E-state index is 11.7.